The predicted octanol–water partition coefficient (Wildman–Crippen LogP) is 13.0. The Bertz CT molecular complexity index is 861. The van der Waals surface area contributed by atoms with E-state index in [9.17, 15) is 14.4 Å². The standard InChI is InChI=1S/C44H78O6/c1-4-7-10-13-16-19-21-23-25-28-31-34-37-43(46)49-40-41(39-48-42(45)36-33-30-27-24-18-15-12-9-6-3)50-44(47)38-35-32-29-26-22-20-17-14-11-8-5-2/h14,16-17,19,24,27,41H,4-13,15,18,20-23,25-26,28-40H2,1-3H3/b17-14-,19-16-,27-24-. The van der Waals surface area contributed by atoms with Crippen LogP contribution in [0.3, 0.4) is 0 Å². The Hall–Kier alpha value is -2.37. The maximum Gasteiger partial charge on any atom is 0.306 e. The molecule has 50 heavy (non-hydrogen) atoms. The predicted molar refractivity (Wildman–Crippen MR) is 210 cm³/mol. The van der Waals surface area contributed by atoms with Gasteiger partial charge in [-0.25, -0.2) is 0 Å². The molecule has 0 saturated heterocycles. The van der Waals surface area contributed by atoms with Crippen LogP contribution < -0.4 is 0 Å². The fourth-order valence-electron chi connectivity index (χ4n) is 5.60. The lowest BCUT2D eigenvalue weighted by atomic mass is 10.1. The molecule has 0 aromatic heterocycles. The van der Waals surface area contributed by atoms with Crippen LogP contribution in [0.1, 0.15) is 207 Å². The molecule has 0 spiro atoms. The van der Waals surface area contributed by atoms with E-state index in [2.05, 4.69) is 57.2 Å². The van der Waals surface area contributed by atoms with E-state index in [0.717, 1.165) is 70.6 Å². The average Bonchev–Trinajstić information content (AvgIpc) is 3.11. The summed E-state index contributed by atoms with van der Waals surface area (Å²) < 4.78 is 16.6. The zero-order chi connectivity index (χ0) is 36.6. The van der Waals surface area contributed by atoms with Gasteiger partial charge in [-0.05, 0) is 83.5 Å². The zero-order valence-corrected chi connectivity index (χ0v) is 32.9. The SMILES string of the molecule is CCCC/C=C\CCCCCCCC(=O)OC(COC(=O)CCC/C=C\CCCCCC)COC(=O)CCCCCCC/C=C\CCCCC. The number of hydrogen-bond donors (Lipinski definition) is 0. The van der Waals surface area contributed by atoms with Crippen molar-refractivity contribution < 1.29 is 28.6 Å². The summed E-state index contributed by atoms with van der Waals surface area (Å²) in [4.78, 5) is 37.5. The molecule has 0 rings (SSSR count). The lowest BCUT2D eigenvalue weighted by Gasteiger charge is -2.18. The van der Waals surface area contributed by atoms with Gasteiger partial charge in [0.05, 0.1) is 0 Å². The lowest BCUT2D eigenvalue weighted by Crippen LogP contribution is -2.30. The molecule has 0 N–H and O–H groups in total. The van der Waals surface area contributed by atoms with Gasteiger partial charge in [0.25, 0.3) is 0 Å². The number of unbranched alkanes of at least 4 members (excludes halogenated alkanes) is 20. The molecule has 0 bridgehead atoms. The van der Waals surface area contributed by atoms with E-state index in [-0.39, 0.29) is 31.1 Å². The van der Waals surface area contributed by atoms with Gasteiger partial charge in [-0.2, -0.15) is 0 Å². The summed E-state index contributed by atoms with van der Waals surface area (Å²) >= 11 is 0. The minimum Gasteiger partial charge on any atom is -0.462 e. The summed E-state index contributed by atoms with van der Waals surface area (Å²) in [6.45, 7) is 6.48. The van der Waals surface area contributed by atoms with Crippen molar-refractivity contribution in [2.45, 2.75) is 213 Å². The Kier molecular flexibility index (Phi) is 37.5. The summed E-state index contributed by atoms with van der Waals surface area (Å²) in [5, 5.41) is 0. The van der Waals surface area contributed by atoms with E-state index in [1.165, 1.54) is 89.9 Å². The summed E-state index contributed by atoms with van der Waals surface area (Å²) in [5.41, 5.74) is 0. The Balaban J connectivity index is 4.42. The number of allylic oxidation sites excluding steroid dienone is 6. The minimum atomic E-state index is -0.784. The van der Waals surface area contributed by atoms with Gasteiger partial charge >= 0.3 is 17.9 Å². The molecular formula is C44H78O6. The van der Waals surface area contributed by atoms with E-state index in [0.29, 0.717) is 25.7 Å². The molecule has 0 aliphatic heterocycles. The van der Waals surface area contributed by atoms with Crippen LogP contribution in [0.5, 0.6) is 0 Å². The van der Waals surface area contributed by atoms with Crippen molar-refractivity contribution in [3.63, 3.8) is 0 Å². The molecule has 0 radical (unpaired) electrons. The first-order valence-corrected chi connectivity index (χ1v) is 21.0. The molecule has 0 aromatic carbocycles. The molecule has 0 aliphatic rings. The summed E-state index contributed by atoms with van der Waals surface area (Å²) in [5.74, 6) is -0.948. The number of ether oxygens (including phenoxy) is 3. The van der Waals surface area contributed by atoms with Crippen molar-refractivity contribution in [3.05, 3.63) is 36.5 Å². The van der Waals surface area contributed by atoms with Crippen molar-refractivity contribution in [1.29, 1.82) is 0 Å². The van der Waals surface area contributed by atoms with Crippen molar-refractivity contribution >= 4 is 17.9 Å². The molecule has 0 aromatic rings. The molecule has 0 fully saturated rings. The van der Waals surface area contributed by atoms with Gasteiger partial charge in [-0.3, -0.25) is 14.4 Å². The highest BCUT2D eigenvalue weighted by molar-refractivity contribution is 5.71. The van der Waals surface area contributed by atoms with Crippen molar-refractivity contribution in [3.8, 4) is 0 Å². The number of rotatable bonds is 37. The maximum absolute atomic E-state index is 12.6. The fourth-order valence-corrected chi connectivity index (χ4v) is 5.60. The van der Waals surface area contributed by atoms with E-state index >= 15 is 0 Å². The zero-order valence-electron chi connectivity index (χ0n) is 32.9. The van der Waals surface area contributed by atoms with E-state index in [4.69, 9.17) is 14.2 Å². The molecule has 1 atom stereocenters. The summed E-state index contributed by atoms with van der Waals surface area (Å²) in [7, 11) is 0. The topological polar surface area (TPSA) is 78.9 Å². The average molecular weight is 703 g/mol. The van der Waals surface area contributed by atoms with Crippen LogP contribution in [0.15, 0.2) is 36.5 Å². The van der Waals surface area contributed by atoms with E-state index in [1.807, 2.05) is 0 Å². The van der Waals surface area contributed by atoms with Gasteiger partial charge in [0.2, 0.25) is 0 Å². The second-order valence-corrected chi connectivity index (χ2v) is 13.9. The Morgan fingerprint density at radius 2 is 0.700 bits per heavy atom. The van der Waals surface area contributed by atoms with Crippen molar-refractivity contribution in [1.82, 2.24) is 0 Å². The molecule has 0 aliphatic carbocycles. The highest BCUT2D eigenvalue weighted by Gasteiger charge is 2.19. The third-order valence-corrected chi connectivity index (χ3v) is 8.84. The van der Waals surface area contributed by atoms with Crippen molar-refractivity contribution in [2.24, 2.45) is 0 Å². The van der Waals surface area contributed by atoms with Crippen LogP contribution in [0.25, 0.3) is 0 Å². The smallest absolute Gasteiger partial charge is 0.306 e. The van der Waals surface area contributed by atoms with Crippen LogP contribution in [0, 0.1) is 0 Å². The highest BCUT2D eigenvalue weighted by atomic mass is 16.6. The quantitative estimate of drug-likeness (QED) is 0.0277. The number of carbonyl (C=O) groups excluding carboxylic acids is 3. The van der Waals surface area contributed by atoms with Gasteiger partial charge < -0.3 is 14.2 Å². The van der Waals surface area contributed by atoms with Crippen LogP contribution in [-0.4, -0.2) is 37.2 Å². The van der Waals surface area contributed by atoms with Gasteiger partial charge in [0, 0.05) is 19.3 Å². The first kappa shape index (κ1) is 47.6. The fraction of sp³-hybridized carbons (Fsp3) is 0.795. The molecule has 0 saturated carbocycles. The lowest BCUT2D eigenvalue weighted by molar-refractivity contribution is -0.167. The number of carbonyl (C=O) groups is 3. The number of hydrogen-bond acceptors (Lipinski definition) is 6. The Morgan fingerprint density at radius 3 is 1.18 bits per heavy atom. The maximum atomic E-state index is 12.6. The molecule has 0 heterocycles. The van der Waals surface area contributed by atoms with Crippen LogP contribution >= 0.6 is 0 Å². The van der Waals surface area contributed by atoms with Crippen LogP contribution in [0.2, 0.25) is 0 Å². The third kappa shape index (κ3) is 36.9. The molecule has 1 unspecified atom stereocenters. The molecule has 6 nitrogen and oxygen atoms in total. The monoisotopic (exact) mass is 703 g/mol. The third-order valence-electron chi connectivity index (χ3n) is 8.84. The minimum absolute atomic E-state index is 0.0883. The normalized spacial score (nSPS) is 12.3. The largest absolute Gasteiger partial charge is 0.462 e. The number of esters is 3. The van der Waals surface area contributed by atoms with Crippen molar-refractivity contribution in [2.75, 3.05) is 13.2 Å². The summed E-state index contributed by atoms with van der Waals surface area (Å²) in [6, 6.07) is 0. The van der Waals surface area contributed by atoms with E-state index < -0.39 is 6.10 Å². The molecular weight excluding hydrogens is 624 g/mol. The summed E-state index contributed by atoms with van der Waals surface area (Å²) in [6.07, 6.45) is 42.8. The second kappa shape index (κ2) is 39.4. The highest BCUT2D eigenvalue weighted by Crippen LogP contribution is 2.12. The molecule has 0 amide bonds. The van der Waals surface area contributed by atoms with Gasteiger partial charge in [-0.1, -0.05) is 141 Å². The van der Waals surface area contributed by atoms with Gasteiger partial charge in [0.15, 0.2) is 6.10 Å². The van der Waals surface area contributed by atoms with Crippen LogP contribution in [0.4, 0.5) is 0 Å². The Labute approximate surface area is 308 Å². The molecule has 6 heteroatoms. The second-order valence-electron chi connectivity index (χ2n) is 13.9. The first-order chi connectivity index (χ1) is 24.5. The van der Waals surface area contributed by atoms with E-state index in [1.54, 1.807) is 0 Å². The Morgan fingerprint density at radius 1 is 0.380 bits per heavy atom. The first-order valence-electron chi connectivity index (χ1n) is 21.0. The van der Waals surface area contributed by atoms with Gasteiger partial charge in [-0.15, -0.1) is 0 Å². The molecule has 290 valence electrons. The van der Waals surface area contributed by atoms with Gasteiger partial charge in [0.1, 0.15) is 13.2 Å². The van der Waals surface area contributed by atoms with Crippen LogP contribution in [-0.2, 0) is 28.6 Å².